The summed E-state index contributed by atoms with van der Waals surface area (Å²) >= 11 is 0. The number of aromatic nitrogens is 1. The highest BCUT2D eigenvalue weighted by Crippen LogP contribution is 2.32. The summed E-state index contributed by atoms with van der Waals surface area (Å²) in [5.41, 5.74) is 1.19. The van der Waals surface area contributed by atoms with Crippen molar-refractivity contribution in [1.82, 2.24) is 14.8 Å². The first-order chi connectivity index (χ1) is 10.4. The number of nitrogens with zero attached hydrogens (tertiary/aromatic N) is 3. The van der Waals surface area contributed by atoms with Gasteiger partial charge in [0.2, 0.25) is 0 Å². The predicted octanol–water partition coefficient (Wildman–Crippen LogP) is 2.24. The maximum Gasteiger partial charge on any atom is 0.117 e. The average Bonchev–Trinajstić information content (AvgIpc) is 3.17. The SMILES string of the molecule is c1ccc(CN2C[C@@H]3CN(Cc4ccco4)C[C@@H]3C2)nc1. The van der Waals surface area contributed by atoms with Crippen molar-refractivity contribution < 1.29 is 4.42 Å². The third kappa shape index (κ3) is 2.87. The third-order valence-electron chi connectivity index (χ3n) is 4.71. The van der Waals surface area contributed by atoms with Crippen molar-refractivity contribution in [3.63, 3.8) is 0 Å². The molecule has 0 N–H and O–H groups in total. The molecule has 2 aliphatic heterocycles. The summed E-state index contributed by atoms with van der Waals surface area (Å²) in [5.74, 6) is 2.70. The lowest BCUT2D eigenvalue weighted by Gasteiger charge is -2.20. The van der Waals surface area contributed by atoms with Gasteiger partial charge in [0.15, 0.2) is 0 Å². The Morgan fingerprint density at radius 1 is 0.952 bits per heavy atom. The van der Waals surface area contributed by atoms with Gasteiger partial charge in [-0.05, 0) is 36.1 Å². The highest BCUT2D eigenvalue weighted by atomic mass is 16.3. The summed E-state index contributed by atoms with van der Waals surface area (Å²) in [6.45, 7) is 6.76. The Labute approximate surface area is 125 Å². The maximum absolute atomic E-state index is 5.46. The van der Waals surface area contributed by atoms with E-state index in [0.29, 0.717) is 0 Å². The zero-order valence-corrected chi connectivity index (χ0v) is 12.2. The molecule has 110 valence electrons. The molecule has 4 heteroatoms. The number of pyridine rings is 1. The van der Waals surface area contributed by atoms with E-state index in [9.17, 15) is 0 Å². The summed E-state index contributed by atoms with van der Waals surface area (Å²) in [6, 6.07) is 10.2. The molecule has 21 heavy (non-hydrogen) atoms. The number of furan rings is 1. The molecule has 0 saturated carbocycles. The first-order valence-electron chi connectivity index (χ1n) is 7.74. The lowest BCUT2D eigenvalue weighted by Crippen LogP contribution is -2.28. The molecule has 2 aromatic rings. The zero-order valence-electron chi connectivity index (χ0n) is 12.2. The van der Waals surface area contributed by atoms with Crippen molar-refractivity contribution in [2.24, 2.45) is 11.8 Å². The second-order valence-corrected chi connectivity index (χ2v) is 6.31. The van der Waals surface area contributed by atoms with Gasteiger partial charge in [-0.15, -0.1) is 0 Å². The van der Waals surface area contributed by atoms with Gasteiger partial charge in [-0.25, -0.2) is 0 Å². The van der Waals surface area contributed by atoms with Crippen molar-refractivity contribution in [1.29, 1.82) is 0 Å². The highest BCUT2D eigenvalue weighted by molar-refractivity contribution is 5.05. The molecule has 0 spiro atoms. The van der Waals surface area contributed by atoms with Crippen LogP contribution in [0.2, 0.25) is 0 Å². The molecular formula is C17H21N3O. The maximum atomic E-state index is 5.46. The lowest BCUT2D eigenvalue weighted by molar-refractivity contribution is 0.233. The summed E-state index contributed by atoms with van der Waals surface area (Å²) in [5, 5.41) is 0. The molecule has 4 heterocycles. The van der Waals surface area contributed by atoms with Crippen LogP contribution in [0.4, 0.5) is 0 Å². The molecule has 2 saturated heterocycles. The van der Waals surface area contributed by atoms with Gasteiger partial charge < -0.3 is 4.42 Å². The lowest BCUT2D eigenvalue weighted by atomic mass is 10.0. The first kappa shape index (κ1) is 13.0. The fourth-order valence-corrected chi connectivity index (χ4v) is 3.79. The van der Waals surface area contributed by atoms with Gasteiger partial charge in [-0.1, -0.05) is 6.07 Å². The molecule has 0 bridgehead atoms. The van der Waals surface area contributed by atoms with Crippen LogP contribution in [0, 0.1) is 11.8 Å². The van der Waals surface area contributed by atoms with Crippen LogP contribution < -0.4 is 0 Å². The van der Waals surface area contributed by atoms with E-state index >= 15 is 0 Å². The molecule has 0 aliphatic carbocycles. The standard InChI is InChI=1S/C17H21N3O/c1-2-6-18-16(4-1)12-19-8-14-10-20(11-15(14)9-19)13-17-5-3-7-21-17/h1-7,14-15H,8-13H2/t14-,15+. The fraction of sp³-hybridized carbons (Fsp3) is 0.471. The Balaban J connectivity index is 1.31. The van der Waals surface area contributed by atoms with E-state index < -0.39 is 0 Å². The van der Waals surface area contributed by atoms with Gasteiger partial charge in [0, 0.05) is 38.9 Å². The van der Waals surface area contributed by atoms with Crippen molar-refractivity contribution in [2.45, 2.75) is 13.1 Å². The summed E-state index contributed by atoms with van der Waals surface area (Å²) in [7, 11) is 0. The van der Waals surface area contributed by atoms with Gasteiger partial charge in [0.05, 0.1) is 18.5 Å². The second-order valence-electron chi connectivity index (χ2n) is 6.31. The van der Waals surface area contributed by atoms with E-state index in [0.717, 1.165) is 30.7 Å². The van der Waals surface area contributed by atoms with Crippen LogP contribution in [0.3, 0.4) is 0 Å². The van der Waals surface area contributed by atoms with Crippen LogP contribution >= 0.6 is 0 Å². The van der Waals surface area contributed by atoms with E-state index in [1.807, 2.05) is 18.3 Å². The Bertz CT molecular complexity index is 555. The van der Waals surface area contributed by atoms with Crippen molar-refractivity contribution in [2.75, 3.05) is 26.2 Å². The first-order valence-corrected chi connectivity index (χ1v) is 7.74. The molecule has 4 rings (SSSR count). The third-order valence-corrected chi connectivity index (χ3v) is 4.71. The molecule has 0 aromatic carbocycles. The molecule has 2 atom stereocenters. The number of hydrogen-bond acceptors (Lipinski definition) is 4. The van der Waals surface area contributed by atoms with Crippen LogP contribution in [-0.4, -0.2) is 41.0 Å². The van der Waals surface area contributed by atoms with E-state index in [-0.39, 0.29) is 0 Å². The minimum absolute atomic E-state index is 0.809. The molecule has 2 aliphatic rings. The van der Waals surface area contributed by atoms with Crippen LogP contribution in [-0.2, 0) is 13.1 Å². The van der Waals surface area contributed by atoms with E-state index in [1.165, 1.54) is 31.9 Å². The Morgan fingerprint density at radius 3 is 2.33 bits per heavy atom. The van der Waals surface area contributed by atoms with Gasteiger partial charge in [0.25, 0.3) is 0 Å². The van der Waals surface area contributed by atoms with Crippen molar-refractivity contribution in [3.8, 4) is 0 Å². The number of likely N-dealkylation sites (tertiary alicyclic amines) is 2. The summed E-state index contributed by atoms with van der Waals surface area (Å²) in [4.78, 5) is 9.53. The molecule has 0 amide bonds. The molecule has 4 nitrogen and oxygen atoms in total. The van der Waals surface area contributed by atoms with Crippen LogP contribution in [0.1, 0.15) is 11.5 Å². The van der Waals surface area contributed by atoms with Crippen molar-refractivity contribution in [3.05, 3.63) is 54.2 Å². The van der Waals surface area contributed by atoms with Crippen molar-refractivity contribution >= 4 is 0 Å². The highest BCUT2D eigenvalue weighted by Gasteiger charge is 2.39. The minimum atomic E-state index is 0.809. The van der Waals surface area contributed by atoms with Crippen LogP contribution in [0.25, 0.3) is 0 Å². The van der Waals surface area contributed by atoms with Crippen LogP contribution in [0.5, 0.6) is 0 Å². The smallest absolute Gasteiger partial charge is 0.117 e. The minimum Gasteiger partial charge on any atom is -0.468 e. The predicted molar refractivity (Wildman–Crippen MR) is 80.5 cm³/mol. The number of hydrogen-bond donors (Lipinski definition) is 0. The monoisotopic (exact) mass is 283 g/mol. The Morgan fingerprint density at radius 2 is 1.71 bits per heavy atom. The fourth-order valence-electron chi connectivity index (χ4n) is 3.79. The van der Waals surface area contributed by atoms with Gasteiger partial charge in [-0.3, -0.25) is 14.8 Å². The largest absolute Gasteiger partial charge is 0.468 e. The van der Waals surface area contributed by atoms with Crippen LogP contribution in [0.15, 0.2) is 47.2 Å². The number of rotatable bonds is 4. The Kier molecular flexibility index (Phi) is 3.49. The van der Waals surface area contributed by atoms with E-state index in [1.54, 1.807) is 6.26 Å². The van der Waals surface area contributed by atoms with Gasteiger partial charge >= 0.3 is 0 Å². The zero-order chi connectivity index (χ0) is 14.1. The normalized spacial score (nSPS) is 26.3. The summed E-state index contributed by atoms with van der Waals surface area (Å²) < 4.78 is 5.46. The van der Waals surface area contributed by atoms with Gasteiger partial charge in [-0.2, -0.15) is 0 Å². The quantitative estimate of drug-likeness (QED) is 0.861. The Hall–Kier alpha value is -1.65. The molecule has 0 radical (unpaired) electrons. The topological polar surface area (TPSA) is 32.5 Å². The molecular weight excluding hydrogens is 262 g/mol. The molecule has 2 aromatic heterocycles. The second kappa shape index (κ2) is 5.62. The van der Waals surface area contributed by atoms with E-state index in [2.05, 4.69) is 33.0 Å². The van der Waals surface area contributed by atoms with Gasteiger partial charge in [0.1, 0.15) is 5.76 Å². The molecule has 0 unspecified atom stereocenters. The summed E-state index contributed by atoms with van der Waals surface area (Å²) in [6.07, 6.45) is 3.65. The average molecular weight is 283 g/mol. The van der Waals surface area contributed by atoms with E-state index in [4.69, 9.17) is 4.42 Å². The molecule has 2 fully saturated rings. The number of fused-ring (bicyclic) bond motifs is 1.